The van der Waals surface area contributed by atoms with Crippen LogP contribution < -0.4 is 10.6 Å². The highest BCUT2D eigenvalue weighted by Gasteiger charge is 2.24. The Morgan fingerprint density at radius 2 is 1.83 bits per heavy atom. The summed E-state index contributed by atoms with van der Waals surface area (Å²) in [6.07, 6.45) is 0.915. The van der Waals surface area contributed by atoms with Gasteiger partial charge in [-0.05, 0) is 31.9 Å². The smallest absolute Gasteiger partial charge is 0.244 e. The van der Waals surface area contributed by atoms with E-state index >= 15 is 0 Å². The maximum atomic E-state index is 12.4. The van der Waals surface area contributed by atoms with Gasteiger partial charge in [0.05, 0.1) is 6.04 Å². The fraction of sp³-hybridized carbons (Fsp3) is 0.533. The molecule has 2 N–H and O–H groups in total. The molecule has 0 aromatic heterocycles. The molecule has 1 unspecified atom stereocenters. The van der Waals surface area contributed by atoms with Crippen molar-refractivity contribution in [1.82, 2.24) is 0 Å². The number of carbonyl (C=O) groups is 1. The van der Waals surface area contributed by atoms with E-state index in [-0.39, 0.29) is 11.8 Å². The van der Waals surface area contributed by atoms with E-state index in [4.69, 9.17) is 5.73 Å². The lowest BCUT2D eigenvalue weighted by molar-refractivity contribution is -0.120. The van der Waals surface area contributed by atoms with Gasteiger partial charge in [-0.2, -0.15) is 0 Å². The molecule has 1 amide bonds. The molecular formula is C15H24N2O. The summed E-state index contributed by atoms with van der Waals surface area (Å²) in [4.78, 5) is 14.1. The highest BCUT2D eigenvalue weighted by molar-refractivity contribution is 5.97. The molecule has 0 fully saturated rings. The van der Waals surface area contributed by atoms with E-state index in [1.807, 2.05) is 45.0 Å². The van der Waals surface area contributed by atoms with Crippen molar-refractivity contribution < 1.29 is 4.79 Å². The van der Waals surface area contributed by atoms with Crippen molar-refractivity contribution in [3.63, 3.8) is 0 Å². The third kappa shape index (κ3) is 3.33. The Morgan fingerprint density at radius 1 is 1.28 bits per heavy atom. The molecule has 3 heteroatoms. The first kappa shape index (κ1) is 14.7. The minimum Gasteiger partial charge on any atom is -0.320 e. The Morgan fingerprint density at radius 3 is 2.28 bits per heavy atom. The van der Waals surface area contributed by atoms with Gasteiger partial charge in [0.1, 0.15) is 0 Å². The van der Waals surface area contributed by atoms with Crippen LogP contribution in [0.1, 0.15) is 32.8 Å². The summed E-state index contributed by atoms with van der Waals surface area (Å²) in [6, 6.07) is 7.55. The van der Waals surface area contributed by atoms with E-state index in [0.717, 1.165) is 12.1 Å². The molecule has 1 aromatic rings. The average Bonchev–Trinajstić information content (AvgIpc) is 2.39. The predicted molar refractivity (Wildman–Crippen MR) is 76.6 cm³/mol. The number of hydrogen-bond acceptors (Lipinski definition) is 2. The molecule has 2 atom stereocenters. The van der Waals surface area contributed by atoms with Crippen LogP contribution >= 0.6 is 0 Å². The van der Waals surface area contributed by atoms with Crippen molar-refractivity contribution in [2.45, 2.75) is 40.2 Å². The number of amides is 1. The van der Waals surface area contributed by atoms with E-state index in [9.17, 15) is 4.79 Å². The zero-order valence-electron chi connectivity index (χ0n) is 11.8. The monoisotopic (exact) mass is 248 g/mol. The third-order valence-electron chi connectivity index (χ3n) is 3.47. The molecule has 100 valence electrons. The van der Waals surface area contributed by atoms with E-state index in [0.29, 0.717) is 6.54 Å². The van der Waals surface area contributed by atoms with Crippen LogP contribution in [0.15, 0.2) is 24.3 Å². The van der Waals surface area contributed by atoms with Crippen molar-refractivity contribution in [1.29, 1.82) is 0 Å². The fourth-order valence-electron chi connectivity index (χ4n) is 1.87. The summed E-state index contributed by atoms with van der Waals surface area (Å²) in [6.45, 7) is 8.73. The second-order valence-electron chi connectivity index (χ2n) is 4.83. The normalized spacial score (nSPS) is 14.1. The summed E-state index contributed by atoms with van der Waals surface area (Å²) in [5.41, 5.74) is 8.14. The number of likely N-dealkylation sites (N-methyl/N-ethyl adjacent to an activating group) is 1. The van der Waals surface area contributed by atoms with Gasteiger partial charge in [0.2, 0.25) is 5.91 Å². The van der Waals surface area contributed by atoms with E-state index in [2.05, 4.69) is 6.92 Å². The van der Waals surface area contributed by atoms with Gasteiger partial charge in [-0.15, -0.1) is 0 Å². The molecule has 0 spiro atoms. The Hall–Kier alpha value is -1.35. The van der Waals surface area contributed by atoms with Gasteiger partial charge >= 0.3 is 0 Å². The van der Waals surface area contributed by atoms with Crippen molar-refractivity contribution in [2.24, 2.45) is 11.7 Å². The van der Waals surface area contributed by atoms with Gasteiger partial charge < -0.3 is 10.6 Å². The summed E-state index contributed by atoms with van der Waals surface area (Å²) in [5, 5.41) is 0. The van der Waals surface area contributed by atoms with Crippen LogP contribution in [-0.4, -0.2) is 18.5 Å². The molecule has 0 saturated carbocycles. The Bertz CT molecular complexity index is 386. The van der Waals surface area contributed by atoms with Crippen molar-refractivity contribution in [2.75, 3.05) is 11.4 Å². The zero-order valence-corrected chi connectivity index (χ0v) is 11.8. The summed E-state index contributed by atoms with van der Waals surface area (Å²) in [5.74, 6) is 0.215. The number of nitrogens with zero attached hydrogens (tertiary/aromatic N) is 1. The number of rotatable bonds is 5. The first-order valence-corrected chi connectivity index (χ1v) is 6.64. The Balaban J connectivity index is 2.89. The van der Waals surface area contributed by atoms with Crippen LogP contribution in [0.5, 0.6) is 0 Å². The predicted octanol–water partition coefficient (Wildman–Crippen LogP) is 2.72. The number of carbonyl (C=O) groups excluding carboxylic acids is 1. The summed E-state index contributed by atoms with van der Waals surface area (Å²) in [7, 11) is 0. The first-order chi connectivity index (χ1) is 8.51. The number of benzene rings is 1. The minimum atomic E-state index is -0.420. The highest BCUT2D eigenvalue weighted by Crippen LogP contribution is 2.18. The van der Waals surface area contributed by atoms with Crippen molar-refractivity contribution in [3.05, 3.63) is 29.8 Å². The maximum absolute atomic E-state index is 12.4. The van der Waals surface area contributed by atoms with E-state index < -0.39 is 6.04 Å². The molecule has 0 aliphatic carbocycles. The molecule has 3 nitrogen and oxygen atoms in total. The molecule has 0 bridgehead atoms. The van der Waals surface area contributed by atoms with Crippen molar-refractivity contribution in [3.8, 4) is 0 Å². The number of aryl methyl sites for hydroxylation is 1. The molecule has 1 rings (SSSR count). The van der Waals surface area contributed by atoms with Crippen LogP contribution in [0.3, 0.4) is 0 Å². The maximum Gasteiger partial charge on any atom is 0.244 e. The van der Waals surface area contributed by atoms with E-state index in [1.54, 1.807) is 4.90 Å². The van der Waals surface area contributed by atoms with Gasteiger partial charge in [-0.3, -0.25) is 4.79 Å². The molecule has 0 saturated heterocycles. The molecular weight excluding hydrogens is 224 g/mol. The first-order valence-electron chi connectivity index (χ1n) is 6.64. The molecule has 0 heterocycles. The third-order valence-corrected chi connectivity index (χ3v) is 3.47. The molecule has 0 radical (unpaired) electrons. The van der Waals surface area contributed by atoms with Gasteiger partial charge in [0.25, 0.3) is 0 Å². The van der Waals surface area contributed by atoms with Gasteiger partial charge in [-0.25, -0.2) is 0 Å². The largest absolute Gasteiger partial charge is 0.320 e. The number of anilines is 1. The van der Waals surface area contributed by atoms with Gasteiger partial charge in [-0.1, -0.05) is 38.0 Å². The van der Waals surface area contributed by atoms with Gasteiger partial charge in [0, 0.05) is 12.2 Å². The standard InChI is InChI=1S/C15H24N2O/c1-5-12(4)14(16)15(18)17(6-2)13-9-7-11(3)8-10-13/h7-10,12,14H,5-6,16H2,1-4H3/t12?,14-/m0/s1. The van der Waals surface area contributed by atoms with Crippen LogP contribution in [0.4, 0.5) is 5.69 Å². The van der Waals surface area contributed by atoms with Crippen LogP contribution in [-0.2, 0) is 4.79 Å². The second-order valence-corrected chi connectivity index (χ2v) is 4.83. The van der Waals surface area contributed by atoms with Crippen LogP contribution in [0, 0.1) is 12.8 Å². The molecule has 0 aliphatic heterocycles. The number of hydrogen-bond donors (Lipinski definition) is 1. The quantitative estimate of drug-likeness (QED) is 0.871. The molecule has 18 heavy (non-hydrogen) atoms. The Kier molecular flexibility index (Phi) is 5.35. The highest BCUT2D eigenvalue weighted by atomic mass is 16.2. The molecule has 0 aliphatic rings. The lowest BCUT2D eigenvalue weighted by Crippen LogP contribution is -2.47. The minimum absolute atomic E-state index is 0.00991. The van der Waals surface area contributed by atoms with E-state index in [1.165, 1.54) is 5.56 Å². The van der Waals surface area contributed by atoms with Crippen LogP contribution in [0.2, 0.25) is 0 Å². The lowest BCUT2D eigenvalue weighted by Gasteiger charge is -2.27. The SMILES string of the molecule is CCC(C)[C@H](N)C(=O)N(CC)c1ccc(C)cc1. The summed E-state index contributed by atoms with van der Waals surface area (Å²) >= 11 is 0. The van der Waals surface area contributed by atoms with Crippen LogP contribution in [0.25, 0.3) is 0 Å². The average molecular weight is 248 g/mol. The topological polar surface area (TPSA) is 46.3 Å². The molecule has 1 aromatic carbocycles. The zero-order chi connectivity index (χ0) is 13.7. The Labute approximate surface area is 110 Å². The number of nitrogens with two attached hydrogens (primary N) is 1. The second kappa shape index (κ2) is 6.55. The van der Waals surface area contributed by atoms with Crippen molar-refractivity contribution >= 4 is 11.6 Å². The van der Waals surface area contributed by atoms with Gasteiger partial charge in [0.15, 0.2) is 0 Å². The summed E-state index contributed by atoms with van der Waals surface area (Å²) < 4.78 is 0. The lowest BCUT2D eigenvalue weighted by atomic mass is 9.98. The fourth-order valence-corrected chi connectivity index (χ4v) is 1.87.